The third-order valence-electron chi connectivity index (χ3n) is 4.93. The number of aromatic nitrogens is 2. The molecule has 1 fully saturated rings. The summed E-state index contributed by atoms with van der Waals surface area (Å²) < 4.78 is 17.8. The van der Waals surface area contributed by atoms with E-state index in [2.05, 4.69) is 64.3 Å². The Morgan fingerprint density at radius 1 is 1.15 bits per heavy atom. The molecule has 0 saturated carbocycles. The molecule has 0 bridgehead atoms. The van der Waals surface area contributed by atoms with Gasteiger partial charge < -0.3 is 9.47 Å². The number of ether oxygens (including phenoxy) is 2. The summed E-state index contributed by atoms with van der Waals surface area (Å²) in [5.41, 5.74) is 4.27. The fraction of sp³-hybridized carbons (Fsp3) is 0.318. The molecule has 4 heterocycles. The molecule has 1 saturated heterocycles. The summed E-state index contributed by atoms with van der Waals surface area (Å²) in [6.07, 6.45) is 12.7. The fourth-order valence-electron chi connectivity index (χ4n) is 3.25. The van der Waals surface area contributed by atoms with Crippen molar-refractivity contribution >= 4 is 11.9 Å². The van der Waals surface area contributed by atoms with E-state index >= 15 is 0 Å². The standard InChI is InChI=1S/C22H25N3O2/c1-23-11-6-4-8-19(23)21-14-18(26-13-10-17-16-27-17)15-22(25(21)3)20-9-5-7-12-24(20)2/h4-8,11-12,14-15,17H,10,13,16H2,1-3H3/q+4. The zero-order valence-corrected chi connectivity index (χ0v) is 16.1. The Bertz CT molecular complexity index is 956. The Balaban J connectivity index is 1.78. The van der Waals surface area contributed by atoms with Gasteiger partial charge in [-0.1, -0.05) is 0 Å². The van der Waals surface area contributed by atoms with Crippen LogP contribution in [0.25, 0.3) is 17.1 Å². The van der Waals surface area contributed by atoms with E-state index in [1.165, 1.54) is 0 Å². The van der Waals surface area contributed by atoms with E-state index in [1.807, 2.05) is 31.5 Å². The SMILES string of the molecule is C[N+]1=CC=C[C+]=C1c1cc(OCCC2CO2)cc(-c2cccc[n+]2C)[n+]1C. The van der Waals surface area contributed by atoms with Gasteiger partial charge in [0, 0.05) is 18.6 Å². The molecule has 1 atom stereocenters. The highest BCUT2D eigenvalue weighted by atomic mass is 16.6. The fourth-order valence-corrected chi connectivity index (χ4v) is 3.25. The van der Waals surface area contributed by atoms with Crippen molar-refractivity contribution < 1.29 is 23.2 Å². The van der Waals surface area contributed by atoms with Gasteiger partial charge in [0.25, 0.3) is 11.4 Å². The summed E-state index contributed by atoms with van der Waals surface area (Å²) in [5, 5.41) is 0. The van der Waals surface area contributed by atoms with Gasteiger partial charge in [0.15, 0.2) is 13.2 Å². The average molecular weight is 363 g/mol. The number of aryl methyl sites for hydroxylation is 1. The molecule has 0 spiro atoms. The molecule has 0 aliphatic carbocycles. The lowest BCUT2D eigenvalue weighted by Gasteiger charge is -2.07. The van der Waals surface area contributed by atoms with Gasteiger partial charge in [0.05, 0.1) is 31.5 Å². The second-order valence-corrected chi connectivity index (χ2v) is 6.92. The second kappa shape index (κ2) is 7.39. The molecular formula is C22H25N3O2+4. The topological polar surface area (TPSA) is 32.5 Å². The molecule has 2 aromatic rings. The Morgan fingerprint density at radius 2 is 1.96 bits per heavy atom. The molecule has 27 heavy (non-hydrogen) atoms. The van der Waals surface area contributed by atoms with Crippen LogP contribution < -0.4 is 13.9 Å². The molecule has 2 aromatic heterocycles. The Morgan fingerprint density at radius 3 is 2.70 bits per heavy atom. The number of allylic oxidation sites excluding steroid dienone is 3. The van der Waals surface area contributed by atoms with Crippen molar-refractivity contribution in [3.63, 3.8) is 0 Å². The minimum absolute atomic E-state index is 0.371. The van der Waals surface area contributed by atoms with E-state index in [-0.39, 0.29) is 0 Å². The van der Waals surface area contributed by atoms with Gasteiger partial charge in [0.1, 0.15) is 38.1 Å². The highest BCUT2D eigenvalue weighted by Gasteiger charge is 2.36. The van der Waals surface area contributed by atoms with Crippen LogP contribution in [-0.4, -0.2) is 37.2 Å². The van der Waals surface area contributed by atoms with Crippen molar-refractivity contribution in [2.24, 2.45) is 14.1 Å². The predicted molar refractivity (Wildman–Crippen MR) is 102 cm³/mol. The van der Waals surface area contributed by atoms with E-state index in [4.69, 9.17) is 9.47 Å². The summed E-state index contributed by atoms with van der Waals surface area (Å²) in [7, 11) is 6.17. The molecule has 4 rings (SSSR count). The van der Waals surface area contributed by atoms with Crippen molar-refractivity contribution in [3.05, 3.63) is 60.5 Å². The van der Waals surface area contributed by atoms with E-state index < -0.39 is 0 Å². The number of hydrogen-bond acceptors (Lipinski definition) is 2. The van der Waals surface area contributed by atoms with Crippen molar-refractivity contribution in [2.45, 2.75) is 12.5 Å². The third-order valence-corrected chi connectivity index (χ3v) is 4.93. The molecule has 1 unspecified atom stereocenters. The maximum atomic E-state index is 6.09. The number of epoxide rings is 1. The number of pyridine rings is 2. The van der Waals surface area contributed by atoms with E-state index in [0.29, 0.717) is 12.7 Å². The molecular weight excluding hydrogens is 338 g/mol. The van der Waals surface area contributed by atoms with Gasteiger partial charge in [-0.05, 0) is 6.07 Å². The highest BCUT2D eigenvalue weighted by molar-refractivity contribution is 5.73. The lowest BCUT2D eigenvalue weighted by Crippen LogP contribution is -2.41. The van der Waals surface area contributed by atoms with Crippen LogP contribution in [0.1, 0.15) is 12.1 Å². The predicted octanol–water partition coefficient (Wildman–Crippen LogP) is 1.60. The Labute approximate surface area is 160 Å². The zero-order chi connectivity index (χ0) is 18.8. The van der Waals surface area contributed by atoms with Crippen LogP contribution in [0, 0.1) is 6.08 Å². The molecule has 5 heteroatoms. The molecule has 2 aliphatic rings. The number of nitrogens with zero attached hydrogens (tertiary/aromatic N) is 3. The van der Waals surface area contributed by atoms with Crippen molar-refractivity contribution in [3.8, 4) is 17.1 Å². The van der Waals surface area contributed by atoms with Crippen LogP contribution in [-0.2, 0) is 18.8 Å². The minimum Gasteiger partial charge on any atom is -0.492 e. The van der Waals surface area contributed by atoms with Crippen molar-refractivity contribution in [2.75, 3.05) is 20.3 Å². The lowest BCUT2D eigenvalue weighted by atomic mass is 10.1. The van der Waals surface area contributed by atoms with E-state index in [0.717, 1.165) is 41.6 Å². The van der Waals surface area contributed by atoms with Crippen LogP contribution in [0.2, 0.25) is 0 Å². The van der Waals surface area contributed by atoms with Crippen molar-refractivity contribution in [1.29, 1.82) is 0 Å². The first kappa shape index (κ1) is 17.5. The van der Waals surface area contributed by atoms with Gasteiger partial charge in [-0.25, -0.2) is 0 Å². The quantitative estimate of drug-likeness (QED) is 0.444. The highest BCUT2D eigenvalue weighted by Crippen LogP contribution is 2.24. The third kappa shape index (κ3) is 3.80. The first-order valence-corrected chi connectivity index (χ1v) is 9.23. The molecule has 2 aliphatic heterocycles. The van der Waals surface area contributed by atoms with Gasteiger partial charge >= 0.3 is 11.4 Å². The smallest absolute Gasteiger partial charge is 0.442 e. The van der Waals surface area contributed by atoms with Crippen LogP contribution >= 0.6 is 0 Å². The number of rotatable bonds is 6. The van der Waals surface area contributed by atoms with Gasteiger partial charge in [-0.3, -0.25) is 0 Å². The maximum Gasteiger partial charge on any atom is 0.442 e. The lowest BCUT2D eigenvalue weighted by molar-refractivity contribution is -0.693. The summed E-state index contributed by atoms with van der Waals surface area (Å²) in [4.78, 5) is 0. The first-order valence-electron chi connectivity index (χ1n) is 9.23. The van der Waals surface area contributed by atoms with Gasteiger partial charge in [-0.15, -0.1) is 4.57 Å². The zero-order valence-electron chi connectivity index (χ0n) is 16.1. The summed E-state index contributed by atoms with van der Waals surface area (Å²) in [6.45, 7) is 1.51. The molecule has 0 radical (unpaired) electrons. The van der Waals surface area contributed by atoms with Crippen LogP contribution in [0.4, 0.5) is 0 Å². The minimum atomic E-state index is 0.371. The molecule has 5 nitrogen and oxygen atoms in total. The van der Waals surface area contributed by atoms with E-state index in [1.54, 1.807) is 0 Å². The average Bonchev–Trinajstić information content (AvgIpc) is 3.48. The molecule has 0 aromatic carbocycles. The summed E-state index contributed by atoms with van der Waals surface area (Å²) >= 11 is 0. The van der Waals surface area contributed by atoms with Gasteiger partial charge in [0.2, 0.25) is 6.21 Å². The van der Waals surface area contributed by atoms with Crippen LogP contribution in [0.3, 0.4) is 0 Å². The first-order chi connectivity index (χ1) is 13.1. The van der Waals surface area contributed by atoms with Crippen LogP contribution in [0.5, 0.6) is 5.75 Å². The monoisotopic (exact) mass is 363 g/mol. The molecule has 0 amide bonds. The van der Waals surface area contributed by atoms with Crippen LogP contribution in [0.15, 0.2) is 48.7 Å². The Kier molecular flexibility index (Phi) is 4.80. The van der Waals surface area contributed by atoms with Gasteiger partial charge in [-0.2, -0.15) is 9.14 Å². The number of hydrogen-bond donors (Lipinski definition) is 0. The maximum absolute atomic E-state index is 6.09. The largest absolute Gasteiger partial charge is 0.492 e. The molecule has 0 N–H and O–H groups in total. The molecule has 136 valence electrons. The van der Waals surface area contributed by atoms with E-state index in [9.17, 15) is 0 Å². The second-order valence-electron chi connectivity index (χ2n) is 6.92. The summed E-state index contributed by atoms with van der Waals surface area (Å²) in [5.74, 6) is 0.861. The Hall–Kier alpha value is -2.88. The summed E-state index contributed by atoms with van der Waals surface area (Å²) in [6, 6.07) is 10.4. The van der Waals surface area contributed by atoms with Crippen molar-refractivity contribution in [1.82, 2.24) is 0 Å². The normalized spacial score (nSPS) is 17.8.